The maximum absolute atomic E-state index is 13.7. The van der Waals surface area contributed by atoms with Crippen molar-refractivity contribution in [1.82, 2.24) is 4.90 Å². The average Bonchev–Trinajstić information content (AvgIpc) is 2.42. The van der Waals surface area contributed by atoms with Crippen LogP contribution in [-0.2, 0) is 4.79 Å². The first-order valence-corrected chi connectivity index (χ1v) is 6.99. The molecule has 0 aliphatic carbocycles. The fourth-order valence-electron chi connectivity index (χ4n) is 2.50. The van der Waals surface area contributed by atoms with Crippen LogP contribution in [0.5, 0.6) is 0 Å². The van der Waals surface area contributed by atoms with Gasteiger partial charge in [0.05, 0.1) is 5.69 Å². The van der Waals surface area contributed by atoms with E-state index in [0.717, 1.165) is 5.56 Å². The predicted molar refractivity (Wildman–Crippen MR) is 76.7 cm³/mol. The van der Waals surface area contributed by atoms with Crippen LogP contribution in [0.3, 0.4) is 0 Å². The number of carboxylic acids is 1. The summed E-state index contributed by atoms with van der Waals surface area (Å²) in [4.78, 5) is 24.3. The van der Waals surface area contributed by atoms with Crippen molar-refractivity contribution in [3.63, 3.8) is 0 Å². The van der Waals surface area contributed by atoms with Gasteiger partial charge in [0.25, 0.3) is 0 Å². The molecule has 1 fully saturated rings. The summed E-state index contributed by atoms with van der Waals surface area (Å²) in [6.45, 7) is 2.77. The first-order valence-electron chi connectivity index (χ1n) is 6.99. The summed E-state index contributed by atoms with van der Waals surface area (Å²) in [6.07, 6.45) is 1.47. The molecule has 1 aliphatic rings. The summed E-state index contributed by atoms with van der Waals surface area (Å²) in [5, 5.41) is 11.3. The molecule has 1 heterocycles. The van der Waals surface area contributed by atoms with Crippen LogP contribution in [0.4, 0.5) is 14.9 Å². The molecule has 114 valence electrons. The lowest BCUT2D eigenvalue weighted by molar-refractivity contribution is -0.138. The molecule has 1 aromatic rings. The van der Waals surface area contributed by atoms with E-state index in [1.807, 2.05) is 0 Å². The van der Waals surface area contributed by atoms with Gasteiger partial charge in [0, 0.05) is 19.5 Å². The number of piperidine rings is 1. The maximum atomic E-state index is 13.7. The Hall–Kier alpha value is -2.11. The van der Waals surface area contributed by atoms with Crippen molar-refractivity contribution < 1.29 is 19.1 Å². The lowest BCUT2D eigenvalue weighted by atomic mass is 9.94. The van der Waals surface area contributed by atoms with Crippen molar-refractivity contribution in [3.8, 4) is 0 Å². The molecular weight excluding hydrogens is 275 g/mol. The van der Waals surface area contributed by atoms with Crippen molar-refractivity contribution in [2.24, 2.45) is 5.92 Å². The van der Waals surface area contributed by atoms with Crippen LogP contribution >= 0.6 is 0 Å². The maximum Gasteiger partial charge on any atom is 0.321 e. The monoisotopic (exact) mass is 294 g/mol. The van der Waals surface area contributed by atoms with Gasteiger partial charge in [0.2, 0.25) is 0 Å². The van der Waals surface area contributed by atoms with Crippen LogP contribution in [0.2, 0.25) is 0 Å². The number of anilines is 1. The van der Waals surface area contributed by atoms with Gasteiger partial charge in [-0.25, -0.2) is 9.18 Å². The third kappa shape index (κ3) is 4.18. The average molecular weight is 294 g/mol. The molecule has 2 amide bonds. The Balaban J connectivity index is 1.89. The molecule has 1 aromatic carbocycles. The number of carbonyl (C=O) groups excluding carboxylic acids is 1. The minimum Gasteiger partial charge on any atom is -0.481 e. The molecule has 0 atom stereocenters. The Kier molecular flexibility index (Phi) is 4.77. The van der Waals surface area contributed by atoms with Gasteiger partial charge < -0.3 is 15.3 Å². The van der Waals surface area contributed by atoms with Crippen molar-refractivity contribution in [3.05, 3.63) is 29.6 Å². The van der Waals surface area contributed by atoms with Gasteiger partial charge in [-0.05, 0) is 43.4 Å². The Morgan fingerprint density at radius 2 is 2.05 bits per heavy atom. The molecule has 0 spiro atoms. The van der Waals surface area contributed by atoms with Crippen molar-refractivity contribution in [1.29, 1.82) is 0 Å². The van der Waals surface area contributed by atoms with E-state index in [2.05, 4.69) is 5.32 Å². The molecule has 0 radical (unpaired) electrons. The standard InChI is InChI=1S/C15H19FN2O3/c1-10-2-3-13(12(16)8-10)17-15(21)18-6-4-11(5-7-18)9-14(19)20/h2-3,8,11H,4-7,9H2,1H3,(H,17,21)(H,19,20). The molecule has 1 saturated heterocycles. The van der Waals surface area contributed by atoms with Crippen LogP contribution < -0.4 is 5.32 Å². The number of likely N-dealkylation sites (tertiary alicyclic amines) is 1. The normalized spacial score (nSPS) is 15.8. The highest BCUT2D eigenvalue weighted by atomic mass is 19.1. The number of nitrogens with one attached hydrogen (secondary N) is 1. The lowest BCUT2D eigenvalue weighted by Gasteiger charge is -2.31. The van der Waals surface area contributed by atoms with Gasteiger partial charge in [-0.2, -0.15) is 0 Å². The molecule has 0 bridgehead atoms. The molecule has 0 aromatic heterocycles. The van der Waals surface area contributed by atoms with Crippen LogP contribution in [0.15, 0.2) is 18.2 Å². The van der Waals surface area contributed by atoms with Crippen LogP contribution in [0, 0.1) is 18.7 Å². The molecule has 5 nitrogen and oxygen atoms in total. The van der Waals surface area contributed by atoms with Gasteiger partial charge in [-0.1, -0.05) is 6.07 Å². The Labute approximate surface area is 122 Å². The number of hydrogen-bond donors (Lipinski definition) is 2. The smallest absolute Gasteiger partial charge is 0.321 e. The molecule has 0 saturated carbocycles. The highest BCUT2D eigenvalue weighted by molar-refractivity contribution is 5.89. The van der Waals surface area contributed by atoms with Gasteiger partial charge in [0.15, 0.2) is 0 Å². The largest absolute Gasteiger partial charge is 0.481 e. The third-order valence-corrected chi connectivity index (χ3v) is 3.73. The Morgan fingerprint density at radius 1 is 1.38 bits per heavy atom. The van der Waals surface area contributed by atoms with E-state index in [-0.39, 0.29) is 24.1 Å². The lowest BCUT2D eigenvalue weighted by Crippen LogP contribution is -2.41. The van der Waals surface area contributed by atoms with Crippen molar-refractivity contribution in [2.45, 2.75) is 26.2 Å². The Morgan fingerprint density at radius 3 is 2.62 bits per heavy atom. The number of rotatable bonds is 3. The summed E-state index contributed by atoms with van der Waals surface area (Å²) < 4.78 is 13.7. The highest BCUT2D eigenvalue weighted by Crippen LogP contribution is 2.22. The fourth-order valence-corrected chi connectivity index (χ4v) is 2.50. The minimum absolute atomic E-state index is 0.114. The number of carbonyl (C=O) groups is 2. The predicted octanol–water partition coefficient (Wildman–Crippen LogP) is 2.85. The number of hydrogen-bond acceptors (Lipinski definition) is 2. The number of amides is 2. The van der Waals surface area contributed by atoms with Crippen LogP contribution in [-0.4, -0.2) is 35.1 Å². The molecule has 2 N–H and O–H groups in total. The molecule has 21 heavy (non-hydrogen) atoms. The number of carboxylic acid groups (broad SMARTS) is 1. The van der Waals surface area contributed by atoms with Gasteiger partial charge in [0.1, 0.15) is 5.82 Å². The molecule has 6 heteroatoms. The summed E-state index contributed by atoms with van der Waals surface area (Å²) in [7, 11) is 0. The number of nitrogens with zero attached hydrogens (tertiary/aromatic N) is 1. The third-order valence-electron chi connectivity index (χ3n) is 3.73. The van der Waals surface area contributed by atoms with E-state index in [1.165, 1.54) is 6.07 Å². The number of urea groups is 1. The van der Waals surface area contributed by atoms with Gasteiger partial charge in [-0.15, -0.1) is 0 Å². The van der Waals surface area contributed by atoms with E-state index in [0.29, 0.717) is 25.9 Å². The van der Waals surface area contributed by atoms with E-state index < -0.39 is 11.8 Å². The number of benzene rings is 1. The zero-order chi connectivity index (χ0) is 15.4. The van der Waals surface area contributed by atoms with E-state index in [4.69, 9.17) is 5.11 Å². The number of aryl methyl sites for hydroxylation is 1. The Bertz CT molecular complexity index is 540. The topological polar surface area (TPSA) is 69.6 Å². The first kappa shape index (κ1) is 15.3. The molecule has 0 unspecified atom stereocenters. The number of aliphatic carboxylic acids is 1. The summed E-state index contributed by atoms with van der Waals surface area (Å²) in [5.74, 6) is -1.15. The molecule has 1 aliphatic heterocycles. The van der Waals surface area contributed by atoms with E-state index in [1.54, 1.807) is 24.0 Å². The quantitative estimate of drug-likeness (QED) is 0.900. The van der Waals surface area contributed by atoms with Crippen molar-refractivity contribution in [2.75, 3.05) is 18.4 Å². The number of halogens is 1. The summed E-state index contributed by atoms with van der Waals surface area (Å²) in [5.41, 5.74) is 0.957. The van der Waals surface area contributed by atoms with Gasteiger partial charge in [-0.3, -0.25) is 4.79 Å². The van der Waals surface area contributed by atoms with Crippen LogP contribution in [0.25, 0.3) is 0 Å². The van der Waals surface area contributed by atoms with Gasteiger partial charge >= 0.3 is 12.0 Å². The molecule has 2 rings (SSSR count). The molecular formula is C15H19FN2O3. The SMILES string of the molecule is Cc1ccc(NC(=O)N2CCC(CC(=O)O)CC2)c(F)c1. The second-order valence-electron chi connectivity index (χ2n) is 5.44. The first-order chi connectivity index (χ1) is 9.95. The zero-order valence-corrected chi connectivity index (χ0v) is 11.9. The minimum atomic E-state index is -0.806. The zero-order valence-electron chi connectivity index (χ0n) is 11.9. The van der Waals surface area contributed by atoms with E-state index >= 15 is 0 Å². The second kappa shape index (κ2) is 6.56. The summed E-state index contributed by atoms with van der Waals surface area (Å²) in [6, 6.07) is 4.30. The fraction of sp³-hybridized carbons (Fsp3) is 0.467. The highest BCUT2D eigenvalue weighted by Gasteiger charge is 2.24. The second-order valence-corrected chi connectivity index (χ2v) is 5.44. The van der Waals surface area contributed by atoms with Crippen molar-refractivity contribution >= 4 is 17.7 Å². The van der Waals surface area contributed by atoms with E-state index in [9.17, 15) is 14.0 Å². The summed E-state index contributed by atoms with van der Waals surface area (Å²) >= 11 is 0. The van der Waals surface area contributed by atoms with Crippen LogP contribution in [0.1, 0.15) is 24.8 Å².